The number of halogens is 3. The van der Waals surface area contributed by atoms with Crippen molar-refractivity contribution in [3.05, 3.63) is 47.0 Å². The Morgan fingerprint density at radius 3 is 2.74 bits per heavy atom. The molecule has 0 bridgehead atoms. The summed E-state index contributed by atoms with van der Waals surface area (Å²) < 4.78 is 32.3. The van der Waals surface area contributed by atoms with Gasteiger partial charge in [0.1, 0.15) is 11.6 Å². The van der Waals surface area contributed by atoms with Crippen molar-refractivity contribution in [1.29, 1.82) is 0 Å². The van der Waals surface area contributed by atoms with Crippen molar-refractivity contribution in [2.45, 2.75) is 25.4 Å². The molecule has 1 heterocycles. The van der Waals surface area contributed by atoms with Gasteiger partial charge in [-0.2, -0.15) is 0 Å². The van der Waals surface area contributed by atoms with E-state index in [0.29, 0.717) is 17.8 Å². The lowest BCUT2D eigenvalue weighted by Crippen LogP contribution is -2.33. The van der Waals surface area contributed by atoms with E-state index in [1.807, 2.05) is 0 Å². The summed E-state index contributed by atoms with van der Waals surface area (Å²) in [6, 6.07) is 2.65. The van der Waals surface area contributed by atoms with Gasteiger partial charge in [-0.15, -0.1) is 0 Å². The normalized spacial score (nSPS) is 20.6. The van der Waals surface area contributed by atoms with Crippen LogP contribution in [0, 0.1) is 11.6 Å². The molecule has 1 unspecified atom stereocenters. The van der Waals surface area contributed by atoms with Crippen LogP contribution in [-0.2, 0) is 19.9 Å². The summed E-state index contributed by atoms with van der Waals surface area (Å²) in [5.41, 5.74) is -2.11. The number of amides is 1. The summed E-state index contributed by atoms with van der Waals surface area (Å²) in [5, 5.41) is 12.8. The molecule has 2 N–H and O–H groups in total. The highest BCUT2D eigenvalue weighted by Crippen LogP contribution is 2.38. The number of aliphatic hydroxyl groups excluding tert-OH is 1. The molecular formula is C15H14BrF2NO4. The van der Waals surface area contributed by atoms with Crippen molar-refractivity contribution < 1.29 is 28.2 Å². The molecule has 8 heteroatoms. The minimum atomic E-state index is -1.88. The predicted octanol–water partition coefficient (Wildman–Crippen LogP) is 2.80. The molecule has 124 valence electrons. The van der Waals surface area contributed by atoms with Gasteiger partial charge in [-0.1, -0.05) is 15.9 Å². The maximum atomic E-state index is 13.9. The van der Waals surface area contributed by atoms with Gasteiger partial charge in [0.15, 0.2) is 0 Å². The number of ether oxygens (including phenoxy) is 1. The summed E-state index contributed by atoms with van der Waals surface area (Å²) in [6.07, 6.45) is 0.707. The highest BCUT2D eigenvalue weighted by atomic mass is 79.9. The van der Waals surface area contributed by atoms with Crippen LogP contribution in [0.5, 0.6) is 0 Å². The van der Waals surface area contributed by atoms with Gasteiger partial charge >= 0.3 is 0 Å². The van der Waals surface area contributed by atoms with E-state index in [4.69, 9.17) is 4.74 Å². The van der Waals surface area contributed by atoms with Crippen molar-refractivity contribution in [3.63, 3.8) is 0 Å². The molecule has 1 aliphatic heterocycles. The number of aliphatic hydroxyl groups is 1. The number of carbonyl (C=O) groups is 2. The zero-order valence-corrected chi connectivity index (χ0v) is 13.7. The first-order valence-corrected chi connectivity index (χ1v) is 7.90. The summed E-state index contributed by atoms with van der Waals surface area (Å²) in [7, 11) is 0. The molecule has 0 aromatic heterocycles. The van der Waals surface area contributed by atoms with Gasteiger partial charge in [-0.25, -0.2) is 8.78 Å². The van der Waals surface area contributed by atoms with Crippen molar-refractivity contribution >= 4 is 27.6 Å². The zero-order chi connectivity index (χ0) is 17.2. The molecule has 0 saturated heterocycles. The van der Waals surface area contributed by atoms with Crippen LogP contribution in [0.3, 0.4) is 0 Å². The molecule has 5 nitrogen and oxygen atoms in total. The van der Waals surface area contributed by atoms with Gasteiger partial charge in [-0.3, -0.25) is 14.9 Å². The molecule has 0 spiro atoms. The van der Waals surface area contributed by atoms with Crippen LogP contribution in [0.25, 0.3) is 0 Å². The van der Waals surface area contributed by atoms with Crippen LogP contribution in [0.2, 0.25) is 0 Å². The molecule has 1 aliphatic rings. The number of hydrogen-bond donors (Lipinski definition) is 2. The molecule has 2 rings (SSSR count). The van der Waals surface area contributed by atoms with Gasteiger partial charge in [0, 0.05) is 23.4 Å². The van der Waals surface area contributed by atoms with Gasteiger partial charge in [0.05, 0.1) is 0 Å². The van der Waals surface area contributed by atoms with Crippen molar-refractivity contribution in [1.82, 2.24) is 5.32 Å². The third kappa shape index (κ3) is 3.36. The predicted molar refractivity (Wildman–Crippen MR) is 80.6 cm³/mol. The molecule has 1 atom stereocenters. The van der Waals surface area contributed by atoms with E-state index in [1.165, 1.54) is 6.92 Å². The van der Waals surface area contributed by atoms with Crippen LogP contribution in [0.15, 0.2) is 29.8 Å². The van der Waals surface area contributed by atoms with Crippen LogP contribution in [-0.4, -0.2) is 22.1 Å². The molecule has 0 radical (unpaired) electrons. The van der Waals surface area contributed by atoms with Gasteiger partial charge < -0.3 is 9.84 Å². The molecule has 0 fully saturated rings. The minimum absolute atomic E-state index is 0.154. The van der Waals surface area contributed by atoms with E-state index in [0.717, 1.165) is 12.1 Å². The van der Waals surface area contributed by atoms with Crippen molar-refractivity contribution in [2.24, 2.45) is 0 Å². The van der Waals surface area contributed by atoms with Crippen LogP contribution >= 0.6 is 15.9 Å². The molecule has 0 aliphatic carbocycles. The standard InChI is InChI=1S/C15H14BrF2NO4/c1-15(9-5-4-8(17)7-10(9)18)13(22)12(21)14(23-15)19-11(20)3-2-6-16/h4-5,7,21H,2-3,6H2,1H3,(H,19,20). The number of nitrogens with one attached hydrogen (secondary N) is 1. The molecule has 1 aromatic rings. The number of hydrogen-bond acceptors (Lipinski definition) is 4. The van der Waals surface area contributed by atoms with Gasteiger partial charge in [0.25, 0.3) is 5.78 Å². The Hall–Kier alpha value is -1.96. The number of ketones is 1. The van der Waals surface area contributed by atoms with Gasteiger partial charge in [0.2, 0.25) is 23.2 Å². The maximum absolute atomic E-state index is 13.9. The highest BCUT2D eigenvalue weighted by Gasteiger charge is 2.49. The van der Waals surface area contributed by atoms with E-state index >= 15 is 0 Å². The Kier molecular flexibility index (Phi) is 5.03. The Bertz CT molecular complexity index is 692. The van der Waals surface area contributed by atoms with Crippen LogP contribution < -0.4 is 5.32 Å². The Labute approximate surface area is 139 Å². The van der Waals surface area contributed by atoms with E-state index < -0.39 is 40.6 Å². The monoisotopic (exact) mass is 389 g/mol. The Morgan fingerprint density at radius 1 is 1.43 bits per heavy atom. The first kappa shape index (κ1) is 17.4. The highest BCUT2D eigenvalue weighted by molar-refractivity contribution is 9.09. The van der Waals surface area contributed by atoms with Crippen molar-refractivity contribution in [3.8, 4) is 0 Å². The second-order valence-electron chi connectivity index (χ2n) is 5.11. The Balaban J connectivity index is 2.25. The average Bonchev–Trinajstić information content (AvgIpc) is 2.70. The van der Waals surface area contributed by atoms with Crippen LogP contribution in [0.4, 0.5) is 8.78 Å². The number of benzene rings is 1. The summed E-state index contributed by atoms with van der Waals surface area (Å²) in [6.45, 7) is 1.24. The number of alkyl halides is 1. The first-order chi connectivity index (χ1) is 10.8. The molecule has 1 aromatic carbocycles. The maximum Gasteiger partial charge on any atom is 0.250 e. The lowest BCUT2D eigenvalue weighted by atomic mass is 9.91. The van der Waals surface area contributed by atoms with E-state index in [1.54, 1.807) is 0 Å². The molecule has 1 amide bonds. The van der Waals surface area contributed by atoms with Crippen LogP contribution in [0.1, 0.15) is 25.3 Å². The third-order valence-electron chi connectivity index (χ3n) is 3.41. The lowest BCUT2D eigenvalue weighted by molar-refractivity contribution is -0.133. The average molecular weight is 390 g/mol. The van der Waals surface area contributed by atoms with E-state index in [9.17, 15) is 23.5 Å². The fraction of sp³-hybridized carbons (Fsp3) is 0.333. The quantitative estimate of drug-likeness (QED) is 0.759. The second kappa shape index (κ2) is 6.66. The summed E-state index contributed by atoms with van der Waals surface area (Å²) >= 11 is 3.18. The topological polar surface area (TPSA) is 75.6 Å². The van der Waals surface area contributed by atoms with E-state index in [-0.39, 0.29) is 12.0 Å². The lowest BCUT2D eigenvalue weighted by Gasteiger charge is -2.24. The fourth-order valence-corrected chi connectivity index (χ4v) is 2.46. The molecule has 0 saturated carbocycles. The zero-order valence-electron chi connectivity index (χ0n) is 12.2. The molecule has 23 heavy (non-hydrogen) atoms. The summed E-state index contributed by atoms with van der Waals surface area (Å²) in [5.74, 6) is -4.40. The Morgan fingerprint density at radius 2 is 2.13 bits per heavy atom. The first-order valence-electron chi connectivity index (χ1n) is 6.78. The van der Waals surface area contributed by atoms with Gasteiger partial charge in [-0.05, 0) is 25.5 Å². The SMILES string of the molecule is CC1(c2ccc(F)cc2F)OC(NC(=O)CCCBr)=C(O)C1=O. The third-order valence-corrected chi connectivity index (χ3v) is 3.97. The smallest absolute Gasteiger partial charge is 0.250 e. The van der Waals surface area contributed by atoms with Crippen molar-refractivity contribution in [2.75, 3.05) is 5.33 Å². The number of Topliss-reactive ketones (excluding diaryl/α,β-unsaturated/α-hetero) is 1. The second-order valence-corrected chi connectivity index (χ2v) is 5.90. The van der Waals surface area contributed by atoms with E-state index in [2.05, 4.69) is 21.2 Å². The summed E-state index contributed by atoms with van der Waals surface area (Å²) in [4.78, 5) is 23.9. The molecular weight excluding hydrogens is 376 g/mol. The number of rotatable bonds is 5. The fourth-order valence-electron chi connectivity index (χ4n) is 2.18. The minimum Gasteiger partial charge on any atom is -0.501 e. The largest absolute Gasteiger partial charge is 0.501 e. The number of carbonyl (C=O) groups excluding carboxylic acids is 2.